The second-order valence-corrected chi connectivity index (χ2v) is 5.84. The molecule has 3 heteroatoms. The summed E-state index contributed by atoms with van der Waals surface area (Å²) in [7, 11) is 0. The van der Waals surface area contributed by atoms with Gasteiger partial charge in [-0.3, -0.25) is 0 Å². The van der Waals surface area contributed by atoms with Crippen molar-refractivity contribution in [3.8, 4) is 0 Å². The molecule has 17 heavy (non-hydrogen) atoms. The molecule has 0 aromatic carbocycles. The van der Waals surface area contributed by atoms with Crippen molar-refractivity contribution < 1.29 is 4.74 Å². The molecule has 0 bridgehead atoms. The van der Waals surface area contributed by atoms with Crippen molar-refractivity contribution in [1.82, 2.24) is 10.2 Å². The van der Waals surface area contributed by atoms with Crippen LogP contribution in [-0.4, -0.2) is 49.8 Å². The molecule has 3 unspecified atom stereocenters. The van der Waals surface area contributed by atoms with Crippen LogP contribution >= 0.6 is 0 Å². The van der Waals surface area contributed by atoms with E-state index in [4.69, 9.17) is 4.74 Å². The molecule has 3 nitrogen and oxygen atoms in total. The van der Waals surface area contributed by atoms with Crippen LogP contribution in [0.1, 0.15) is 39.5 Å². The second kappa shape index (κ2) is 6.72. The molecule has 2 heterocycles. The standard InChI is InChI=1S/C14H28N2O/c1-12-5-3-8-16(11-12)9-7-15-13(2)14-6-4-10-17-14/h12-15H,3-11H2,1-2H3. The molecule has 0 spiro atoms. The summed E-state index contributed by atoms with van der Waals surface area (Å²) in [5, 5.41) is 3.62. The summed E-state index contributed by atoms with van der Waals surface area (Å²) in [5.41, 5.74) is 0. The lowest BCUT2D eigenvalue weighted by Crippen LogP contribution is -2.43. The number of likely N-dealkylation sites (tertiary alicyclic amines) is 1. The van der Waals surface area contributed by atoms with E-state index in [0.29, 0.717) is 12.1 Å². The van der Waals surface area contributed by atoms with E-state index in [9.17, 15) is 0 Å². The zero-order valence-corrected chi connectivity index (χ0v) is 11.5. The molecular formula is C14H28N2O. The van der Waals surface area contributed by atoms with Gasteiger partial charge < -0.3 is 15.0 Å². The van der Waals surface area contributed by atoms with Crippen molar-refractivity contribution in [2.75, 3.05) is 32.8 Å². The van der Waals surface area contributed by atoms with Gasteiger partial charge in [-0.05, 0) is 45.1 Å². The van der Waals surface area contributed by atoms with Gasteiger partial charge in [-0.25, -0.2) is 0 Å². The normalized spacial score (nSPS) is 32.8. The molecule has 0 aromatic heterocycles. The maximum Gasteiger partial charge on any atom is 0.0726 e. The van der Waals surface area contributed by atoms with E-state index in [1.165, 1.54) is 45.3 Å². The molecule has 0 radical (unpaired) electrons. The zero-order valence-electron chi connectivity index (χ0n) is 11.5. The van der Waals surface area contributed by atoms with E-state index in [-0.39, 0.29) is 0 Å². The Morgan fingerprint density at radius 3 is 2.94 bits per heavy atom. The Morgan fingerprint density at radius 2 is 2.24 bits per heavy atom. The van der Waals surface area contributed by atoms with Gasteiger partial charge in [0, 0.05) is 32.3 Å². The van der Waals surface area contributed by atoms with Gasteiger partial charge >= 0.3 is 0 Å². The number of hydrogen-bond donors (Lipinski definition) is 1. The van der Waals surface area contributed by atoms with Gasteiger partial charge in [0.1, 0.15) is 0 Å². The molecule has 0 aliphatic carbocycles. The first-order chi connectivity index (χ1) is 8.25. The van der Waals surface area contributed by atoms with Crippen molar-refractivity contribution in [1.29, 1.82) is 0 Å². The van der Waals surface area contributed by atoms with E-state index in [0.717, 1.165) is 19.1 Å². The van der Waals surface area contributed by atoms with E-state index >= 15 is 0 Å². The first-order valence-corrected chi connectivity index (χ1v) is 7.33. The first-order valence-electron chi connectivity index (χ1n) is 7.33. The Kier molecular flexibility index (Phi) is 5.26. The molecule has 0 aromatic rings. The number of piperidine rings is 1. The summed E-state index contributed by atoms with van der Waals surface area (Å²) in [6.45, 7) is 10.5. The molecule has 2 fully saturated rings. The molecule has 0 amide bonds. The SMILES string of the molecule is CC1CCCN(CCNC(C)C2CCCO2)C1. The average Bonchev–Trinajstić information content (AvgIpc) is 2.82. The monoisotopic (exact) mass is 240 g/mol. The maximum absolute atomic E-state index is 5.70. The van der Waals surface area contributed by atoms with Crippen LogP contribution in [0.2, 0.25) is 0 Å². The Labute approximate surface area is 106 Å². The predicted molar refractivity (Wildman–Crippen MR) is 71.3 cm³/mol. The highest BCUT2D eigenvalue weighted by atomic mass is 16.5. The fourth-order valence-corrected chi connectivity index (χ4v) is 3.07. The molecule has 100 valence electrons. The van der Waals surface area contributed by atoms with Gasteiger partial charge in [0.15, 0.2) is 0 Å². The highest BCUT2D eigenvalue weighted by molar-refractivity contribution is 4.77. The predicted octanol–water partition coefficient (Wildman–Crippen LogP) is 1.88. The van der Waals surface area contributed by atoms with E-state index in [1.807, 2.05) is 0 Å². The minimum absolute atomic E-state index is 0.454. The largest absolute Gasteiger partial charge is 0.377 e. The molecule has 3 atom stereocenters. The van der Waals surface area contributed by atoms with E-state index < -0.39 is 0 Å². The summed E-state index contributed by atoms with van der Waals surface area (Å²) in [5.74, 6) is 0.888. The van der Waals surface area contributed by atoms with Gasteiger partial charge in [0.2, 0.25) is 0 Å². The van der Waals surface area contributed by atoms with Gasteiger partial charge in [-0.1, -0.05) is 6.92 Å². The average molecular weight is 240 g/mol. The van der Waals surface area contributed by atoms with Crippen molar-refractivity contribution in [3.05, 3.63) is 0 Å². The van der Waals surface area contributed by atoms with E-state index in [2.05, 4.69) is 24.1 Å². The molecule has 2 aliphatic heterocycles. The van der Waals surface area contributed by atoms with Gasteiger partial charge in [-0.2, -0.15) is 0 Å². The van der Waals surface area contributed by atoms with Crippen LogP contribution in [0.5, 0.6) is 0 Å². The van der Waals surface area contributed by atoms with Crippen LogP contribution < -0.4 is 5.32 Å². The summed E-state index contributed by atoms with van der Waals surface area (Å²) in [6.07, 6.45) is 5.71. The lowest BCUT2D eigenvalue weighted by molar-refractivity contribution is 0.0817. The van der Waals surface area contributed by atoms with E-state index in [1.54, 1.807) is 0 Å². The fraction of sp³-hybridized carbons (Fsp3) is 1.00. The zero-order chi connectivity index (χ0) is 12.1. The molecule has 0 saturated carbocycles. The summed E-state index contributed by atoms with van der Waals surface area (Å²) >= 11 is 0. The minimum atomic E-state index is 0.454. The molecule has 2 saturated heterocycles. The third-order valence-electron chi connectivity index (χ3n) is 4.16. The second-order valence-electron chi connectivity index (χ2n) is 5.84. The fourth-order valence-electron chi connectivity index (χ4n) is 3.07. The van der Waals surface area contributed by atoms with Crippen molar-refractivity contribution in [3.63, 3.8) is 0 Å². The highest BCUT2D eigenvalue weighted by Gasteiger charge is 2.22. The van der Waals surface area contributed by atoms with Crippen LogP contribution in [-0.2, 0) is 4.74 Å². The van der Waals surface area contributed by atoms with Crippen LogP contribution in [0.25, 0.3) is 0 Å². The lowest BCUT2D eigenvalue weighted by Gasteiger charge is -2.31. The lowest BCUT2D eigenvalue weighted by atomic mass is 10.0. The minimum Gasteiger partial charge on any atom is -0.377 e. The Balaban J connectivity index is 1.58. The number of rotatable bonds is 5. The molecule has 1 N–H and O–H groups in total. The smallest absolute Gasteiger partial charge is 0.0726 e. The number of nitrogens with one attached hydrogen (secondary N) is 1. The Hall–Kier alpha value is -0.120. The van der Waals surface area contributed by atoms with Crippen molar-refractivity contribution in [2.24, 2.45) is 5.92 Å². The topological polar surface area (TPSA) is 24.5 Å². The Morgan fingerprint density at radius 1 is 1.35 bits per heavy atom. The number of nitrogens with zero attached hydrogens (tertiary/aromatic N) is 1. The summed E-state index contributed by atoms with van der Waals surface area (Å²) < 4.78 is 5.70. The van der Waals surface area contributed by atoms with Crippen LogP contribution in [0.15, 0.2) is 0 Å². The third-order valence-corrected chi connectivity index (χ3v) is 4.16. The first kappa shape index (κ1) is 13.3. The van der Waals surface area contributed by atoms with Gasteiger partial charge in [-0.15, -0.1) is 0 Å². The van der Waals surface area contributed by atoms with Crippen LogP contribution in [0.3, 0.4) is 0 Å². The molecule has 2 aliphatic rings. The summed E-state index contributed by atoms with van der Waals surface area (Å²) in [6, 6.07) is 0.514. The van der Waals surface area contributed by atoms with Gasteiger partial charge in [0.05, 0.1) is 6.10 Å². The van der Waals surface area contributed by atoms with Crippen molar-refractivity contribution >= 4 is 0 Å². The van der Waals surface area contributed by atoms with Crippen LogP contribution in [0.4, 0.5) is 0 Å². The van der Waals surface area contributed by atoms with Gasteiger partial charge in [0.25, 0.3) is 0 Å². The quantitative estimate of drug-likeness (QED) is 0.794. The Bertz CT molecular complexity index is 214. The van der Waals surface area contributed by atoms with Crippen LogP contribution in [0, 0.1) is 5.92 Å². The number of hydrogen-bond acceptors (Lipinski definition) is 3. The highest BCUT2D eigenvalue weighted by Crippen LogP contribution is 2.16. The third kappa shape index (κ3) is 4.23. The molecule has 2 rings (SSSR count). The molecular weight excluding hydrogens is 212 g/mol. The summed E-state index contributed by atoms with van der Waals surface area (Å²) in [4.78, 5) is 2.60. The number of ether oxygens (including phenoxy) is 1. The van der Waals surface area contributed by atoms with Crippen molar-refractivity contribution in [2.45, 2.75) is 51.7 Å². The maximum atomic E-state index is 5.70.